The molecular formula is C18H28N2O. The second-order valence-corrected chi connectivity index (χ2v) is 4.19. The lowest BCUT2D eigenvalue weighted by Gasteiger charge is -1.97. The SMILES string of the molecule is C=CC(=CCC)C/C=C\C(=C/CC)c1nnc(C)o1.CC. The summed E-state index contributed by atoms with van der Waals surface area (Å²) in [6.45, 7) is 13.8. The summed E-state index contributed by atoms with van der Waals surface area (Å²) in [4.78, 5) is 0. The standard InChI is InChI=1S/C16H22N2O.C2H6/c1-5-9-14(7-3)11-8-12-15(10-6-2)16-18-17-13(4)19-16;1-2/h7-10,12H,3,5-6,11H2,1-2,4H3;1-2H3/b12-8-,14-9?,15-10+;. The van der Waals surface area contributed by atoms with E-state index in [9.17, 15) is 0 Å². The predicted octanol–water partition coefficient (Wildman–Crippen LogP) is 5.67. The van der Waals surface area contributed by atoms with Crippen LogP contribution in [-0.4, -0.2) is 10.2 Å². The van der Waals surface area contributed by atoms with Gasteiger partial charge in [0.05, 0.1) is 0 Å². The molecule has 0 aromatic carbocycles. The molecule has 0 bridgehead atoms. The van der Waals surface area contributed by atoms with Crippen molar-refractivity contribution >= 4 is 5.57 Å². The fourth-order valence-corrected chi connectivity index (χ4v) is 1.69. The molecule has 0 aliphatic rings. The molecule has 0 aliphatic heterocycles. The number of aryl methyl sites for hydroxylation is 1. The molecule has 3 heteroatoms. The van der Waals surface area contributed by atoms with Gasteiger partial charge in [0.15, 0.2) is 0 Å². The molecule has 0 saturated heterocycles. The van der Waals surface area contributed by atoms with Crippen LogP contribution in [-0.2, 0) is 0 Å². The third-order valence-corrected chi connectivity index (χ3v) is 2.58. The summed E-state index contributed by atoms with van der Waals surface area (Å²) in [5.74, 6) is 1.17. The largest absolute Gasteiger partial charge is 0.421 e. The minimum atomic E-state index is 0.579. The maximum absolute atomic E-state index is 5.45. The van der Waals surface area contributed by atoms with Gasteiger partial charge in [-0.05, 0) is 24.8 Å². The van der Waals surface area contributed by atoms with E-state index in [-0.39, 0.29) is 0 Å². The third kappa shape index (κ3) is 7.45. The van der Waals surface area contributed by atoms with Gasteiger partial charge in [-0.3, -0.25) is 0 Å². The van der Waals surface area contributed by atoms with Crippen LogP contribution < -0.4 is 0 Å². The Balaban J connectivity index is 0.00000191. The quantitative estimate of drug-likeness (QED) is 0.607. The average molecular weight is 288 g/mol. The van der Waals surface area contributed by atoms with Crippen molar-refractivity contribution in [1.82, 2.24) is 10.2 Å². The van der Waals surface area contributed by atoms with Crippen LogP contribution in [0.5, 0.6) is 0 Å². The fourth-order valence-electron chi connectivity index (χ4n) is 1.69. The van der Waals surface area contributed by atoms with Crippen LogP contribution >= 0.6 is 0 Å². The maximum atomic E-state index is 5.45. The molecule has 21 heavy (non-hydrogen) atoms. The molecule has 1 heterocycles. The zero-order valence-electron chi connectivity index (χ0n) is 14.0. The molecular weight excluding hydrogens is 260 g/mol. The lowest BCUT2D eigenvalue weighted by molar-refractivity contribution is 0.507. The molecule has 0 spiro atoms. The second kappa shape index (κ2) is 11.9. The van der Waals surface area contributed by atoms with E-state index in [4.69, 9.17) is 4.42 Å². The Bertz CT molecular complexity index is 493. The second-order valence-electron chi connectivity index (χ2n) is 4.19. The highest BCUT2D eigenvalue weighted by Crippen LogP contribution is 2.16. The molecule has 1 rings (SSSR count). The first kappa shape index (κ1) is 19.1. The molecule has 3 nitrogen and oxygen atoms in total. The Labute approximate surface area is 129 Å². The van der Waals surface area contributed by atoms with Crippen LogP contribution in [0.4, 0.5) is 0 Å². The van der Waals surface area contributed by atoms with E-state index in [0.717, 1.165) is 24.8 Å². The van der Waals surface area contributed by atoms with Gasteiger partial charge in [0.1, 0.15) is 0 Å². The van der Waals surface area contributed by atoms with E-state index in [2.05, 4.69) is 48.9 Å². The van der Waals surface area contributed by atoms with Crippen LogP contribution in [0.1, 0.15) is 58.7 Å². The van der Waals surface area contributed by atoms with Crippen LogP contribution in [0.25, 0.3) is 5.57 Å². The van der Waals surface area contributed by atoms with Crippen LogP contribution in [0.3, 0.4) is 0 Å². The van der Waals surface area contributed by atoms with Crippen LogP contribution in [0, 0.1) is 6.92 Å². The number of nitrogens with zero attached hydrogens (tertiary/aromatic N) is 2. The lowest BCUT2D eigenvalue weighted by atomic mass is 10.1. The first-order valence-electron chi connectivity index (χ1n) is 7.69. The normalized spacial score (nSPS) is 12.2. The Kier molecular flexibility index (Phi) is 10.8. The minimum absolute atomic E-state index is 0.579. The average Bonchev–Trinajstić information content (AvgIpc) is 2.94. The van der Waals surface area contributed by atoms with Crippen LogP contribution in [0.2, 0.25) is 0 Å². The zero-order valence-corrected chi connectivity index (χ0v) is 14.0. The summed E-state index contributed by atoms with van der Waals surface area (Å²) in [7, 11) is 0. The maximum Gasteiger partial charge on any atom is 0.247 e. The van der Waals surface area contributed by atoms with Gasteiger partial charge in [0.2, 0.25) is 11.8 Å². The van der Waals surface area contributed by atoms with E-state index < -0.39 is 0 Å². The summed E-state index contributed by atoms with van der Waals surface area (Å²) >= 11 is 0. The van der Waals surface area contributed by atoms with Crippen molar-refractivity contribution < 1.29 is 4.42 Å². The minimum Gasteiger partial charge on any atom is -0.421 e. The van der Waals surface area contributed by atoms with E-state index in [0.29, 0.717) is 11.8 Å². The Morgan fingerprint density at radius 1 is 1.14 bits per heavy atom. The van der Waals surface area contributed by atoms with E-state index in [1.807, 2.05) is 26.0 Å². The molecule has 0 fully saturated rings. The Morgan fingerprint density at radius 3 is 2.29 bits per heavy atom. The molecule has 0 radical (unpaired) electrons. The molecule has 0 amide bonds. The molecule has 116 valence electrons. The third-order valence-electron chi connectivity index (χ3n) is 2.58. The predicted molar refractivity (Wildman–Crippen MR) is 91.0 cm³/mol. The van der Waals surface area contributed by atoms with Crippen molar-refractivity contribution in [3.63, 3.8) is 0 Å². The molecule has 1 aromatic rings. The van der Waals surface area contributed by atoms with Gasteiger partial charge in [-0.2, -0.15) is 0 Å². The van der Waals surface area contributed by atoms with Crippen molar-refractivity contribution in [2.24, 2.45) is 0 Å². The molecule has 0 atom stereocenters. The van der Waals surface area contributed by atoms with Gasteiger partial charge < -0.3 is 4.42 Å². The summed E-state index contributed by atoms with van der Waals surface area (Å²) in [6, 6.07) is 0. The zero-order chi connectivity index (χ0) is 16.1. The monoisotopic (exact) mass is 288 g/mol. The number of allylic oxidation sites excluding steroid dienone is 7. The summed E-state index contributed by atoms with van der Waals surface area (Å²) in [5, 5.41) is 7.91. The van der Waals surface area contributed by atoms with Gasteiger partial charge in [0, 0.05) is 12.5 Å². The lowest BCUT2D eigenvalue weighted by Crippen LogP contribution is -1.82. The van der Waals surface area contributed by atoms with Gasteiger partial charge in [-0.15, -0.1) is 10.2 Å². The topological polar surface area (TPSA) is 38.9 Å². The summed E-state index contributed by atoms with van der Waals surface area (Å²) in [5.41, 5.74) is 2.21. The molecule has 1 aromatic heterocycles. The first-order chi connectivity index (χ1) is 10.2. The van der Waals surface area contributed by atoms with Gasteiger partial charge in [0.25, 0.3) is 0 Å². The van der Waals surface area contributed by atoms with E-state index in [1.54, 1.807) is 6.92 Å². The Hall–Kier alpha value is -1.90. The number of hydrogen-bond donors (Lipinski definition) is 0. The van der Waals surface area contributed by atoms with Gasteiger partial charge >= 0.3 is 0 Å². The highest BCUT2D eigenvalue weighted by atomic mass is 16.4. The molecule has 0 saturated carbocycles. The van der Waals surface area contributed by atoms with Crippen molar-refractivity contribution in [2.45, 2.75) is 53.9 Å². The number of hydrogen-bond acceptors (Lipinski definition) is 3. The first-order valence-corrected chi connectivity index (χ1v) is 7.69. The van der Waals surface area contributed by atoms with E-state index >= 15 is 0 Å². The highest BCUT2D eigenvalue weighted by molar-refractivity contribution is 5.68. The van der Waals surface area contributed by atoms with Gasteiger partial charge in [-0.1, -0.05) is 64.7 Å². The van der Waals surface area contributed by atoms with Crippen LogP contribution in [0.15, 0.2) is 46.9 Å². The van der Waals surface area contributed by atoms with Crippen molar-refractivity contribution in [3.8, 4) is 0 Å². The molecule has 0 aliphatic carbocycles. The number of rotatable bonds is 7. The smallest absolute Gasteiger partial charge is 0.247 e. The van der Waals surface area contributed by atoms with E-state index in [1.165, 1.54) is 5.57 Å². The number of aromatic nitrogens is 2. The van der Waals surface area contributed by atoms with Crippen molar-refractivity contribution in [3.05, 3.63) is 54.3 Å². The van der Waals surface area contributed by atoms with Crippen molar-refractivity contribution in [2.75, 3.05) is 0 Å². The summed E-state index contributed by atoms with van der Waals surface area (Å²) in [6.07, 6.45) is 13.1. The fraction of sp³-hybridized carbons (Fsp3) is 0.444. The Morgan fingerprint density at radius 2 is 1.81 bits per heavy atom. The molecule has 0 unspecified atom stereocenters. The highest BCUT2D eigenvalue weighted by Gasteiger charge is 2.05. The van der Waals surface area contributed by atoms with Gasteiger partial charge in [-0.25, -0.2) is 0 Å². The molecule has 0 N–H and O–H groups in total. The van der Waals surface area contributed by atoms with Crippen molar-refractivity contribution in [1.29, 1.82) is 0 Å². The summed E-state index contributed by atoms with van der Waals surface area (Å²) < 4.78 is 5.45.